The lowest BCUT2D eigenvalue weighted by Gasteiger charge is -2.11. The summed E-state index contributed by atoms with van der Waals surface area (Å²) in [6.45, 7) is 3.46. The highest BCUT2D eigenvalue weighted by Gasteiger charge is 2.17. The van der Waals surface area contributed by atoms with Gasteiger partial charge in [0, 0.05) is 25.7 Å². The smallest absolute Gasteiger partial charge is 0.410 e. The number of carbonyl (C=O) groups is 1. The van der Waals surface area contributed by atoms with Gasteiger partial charge in [-0.1, -0.05) is 31.5 Å². The second-order valence-electron chi connectivity index (χ2n) is 7.69. The molecule has 0 saturated heterocycles. The lowest BCUT2D eigenvalue weighted by molar-refractivity contribution is 0.200. The van der Waals surface area contributed by atoms with Gasteiger partial charge in [0.05, 0.1) is 5.52 Å². The summed E-state index contributed by atoms with van der Waals surface area (Å²) in [6.07, 6.45) is 6.02. The van der Waals surface area contributed by atoms with E-state index in [0.29, 0.717) is 23.6 Å². The minimum Gasteiger partial charge on any atom is -0.410 e. The number of nitrogen functional groups attached to an aromatic ring is 1. The summed E-state index contributed by atoms with van der Waals surface area (Å²) in [7, 11) is 0. The number of hydrogen-bond acceptors (Lipinski definition) is 6. The summed E-state index contributed by atoms with van der Waals surface area (Å²) in [5.74, 6) is 1.97. The Morgan fingerprint density at radius 2 is 1.91 bits per heavy atom. The van der Waals surface area contributed by atoms with E-state index in [2.05, 4.69) is 26.8 Å². The van der Waals surface area contributed by atoms with Crippen LogP contribution >= 0.6 is 0 Å². The van der Waals surface area contributed by atoms with Gasteiger partial charge < -0.3 is 20.4 Å². The maximum atomic E-state index is 12.0. The van der Waals surface area contributed by atoms with E-state index >= 15 is 0 Å². The van der Waals surface area contributed by atoms with Crippen molar-refractivity contribution in [2.45, 2.75) is 45.6 Å². The first-order valence-electron chi connectivity index (χ1n) is 11.1. The van der Waals surface area contributed by atoms with Gasteiger partial charge in [0.25, 0.3) is 0 Å². The number of aromatic nitrogens is 4. The predicted molar refractivity (Wildman–Crippen MR) is 126 cm³/mol. The van der Waals surface area contributed by atoms with Crippen molar-refractivity contribution in [3.63, 3.8) is 0 Å². The highest BCUT2D eigenvalue weighted by molar-refractivity contribution is 6.04. The van der Waals surface area contributed by atoms with E-state index in [-0.39, 0.29) is 0 Å². The van der Waals surface area contributed by atoms with Gasteiger partial charge in [-0.2, -0.15) is 0 Å². The number of para-hydroxylation sites is 1. The number of fused-ring (bicyclic) bond motifs is 3. The van der Waals surface area contributed by atoms with E-state index in [1.54, 1.807) is 18.3 Å². The fourth-order valence-electron chi connectivity index (χ4n) is 3.75. The number of amides is 1. The summed E-state index contributed by atoms with van der Waals surface area (Å²) in [6, 6.07) is 12.8. The third-order valence-corrected chi connectivity index (χ3v) is 5.33. The normalized spacial score (nSPS) is 11.2. The van der Waals surface area contributed by atoms with Crippen LogP contribution < -0.4 is 15.8 Å². The second-order valence-corrected chi connectivity index (χ2v) is 7.69. The molecule has 0 aliphatic rings. The number of ether oxygens (including phenoxy) is 1. The average molecular weight is 433 g/mol. The van der Waals surface area contributed by atoms with Crippen molar-refractivity contribution in [1.82, 2.24) is 24.8 Å². The highest BCUT2D eigenvalue weighted by atomic mass is 16.6. The van der Waals surface area contributed by atoms with E-state index in [1.165, 1.54) is 0 Å². The van der Waals surface area contributed by atoms with Crippen LogP contribution in [0.5, 0.6) is 5.75 Å². The highest BCUT2D eigenvalue weighted by Crippen LogP contribution is 2.28. The second kappa shape index (κ2) is 10.1. The van der Waals surface area contributed by atoms with E-state index in [4.69, 9.17) is 15.5 Å². The molecule has 0 spiro atoms. The molecule has 1 aromatic carbocycles. The van der Waals surface area contributed by atoms with Crippen molar-refractivity contribution in [2.75, 3.05) is 12.3 Å². The van der Waals surface area contributed by atoms with Crippen LogP contribution in [0.1, 0.15) is 38.4 Å². The summed E-state index contributed by atoms with van der Waals surface area (Å²) in [4.78, 5) is 25.8. The molecule has 1 amide bonds. The molecule has 0 bridgehead atoms. The Morgan fingerprint density at radius 3 is 2.72 bits per heavy atom. The van der Waals surface area contributed by atoms with Gasteiger partial charge in [-0.15, -0.1) is 0 Å². The molecule has 0 fully saturated rings. The Labute approximate surface area is 186 Å². The molecule has 8 heteroatoms. The van der Waals surface area contributed by atoms with Gasteiger partial charge in [0.1, 0.15) is 28.1 Å². The van der Waals surface area contributed by atoms with Crippen molar-refractivity contribution in [2.24, 2.45) is 0 Å². The van der Waals surface area contributed by atoms with Gasteiger partial charge in [-0.3, -0.25) is 4.98 Å². The van der Waals surface area contributed by atoms with E-state index in [0.717, 1.165) is 61.0 Å². The minimum absolute atomic E-state index is 0.433. The Morgan fingerprint density at radius 1 is 1.06 bits per heavy atom. The molecule has 0 aliphatic heterocycles. The largest absolute Gasteiger partial charge is 0.412 e. The molecular formula is C24H28N6O2. The summed E-state index contributed by atoms with van der Waals surface area (Å²) >= 11 is 0. The molecule has 8 nitrogen and oxygen atoms in total. The number of pyridine rings is 2. The molecule has 3 heterocycles. The minimum atomic E-state index is -0.443. The molecule has 166 valence electrons. The Bertz CT molecular complexity index is 1210. The molecule has 0 saturated carbocycles. The summed E-state index contributed by atoms with van der Waals surface area (Å²) in [5, 5.41) is 2.81. The molecule has 32 heavy (non-hydrogen) atoms. The fraction of sp³-hybridized carbons (Fsp3) is 0.333. The molecule has 0 unspecified atom stereocenters. The lowest BCUT2D eigenvalue weighted by Crippen LogP contribution is -2.27. The molecule has 4 rings (SSSR count). The maximum absolute atomic E-state index is 12.0. The number of nitrogens with zero attached hydrogens (tertiary/aromatic N) is 4. The first-order chi connectivity index (χ1) is 15.7. The Balaban J connectivity index is 1.45. The molecule has 0 radical (unpaired) electrons. The topological polar surface area (TPSA) is 108 Å². The number of imidazole rings is 1. The maximum Gasteiger partial charge on any atom is 0.412 e. The Hall–Kier alpha value is -3.68. The first-order valence-corrected chi connectivity index (χ1v) is 11.1. The fourth-order valence-corrected chi connectivity index (χ4v) is 3.75. The molecule has 0 aliphatic carbocycles. The van der Waals surface area contributed by atoms with E-state index in [1.807, 2.05) is 30.3 Å². The van der Waals surface area contributed by atoms with E-state index < -0.39 is 6.09 Å². The molecule has 3 aromatic heterocycles. The number of benzene rings is 1. The molecule has 3 N–H and O–H groups in total. The van der Waals surface area contributed by atoms with Crippen LogP contribution in [0.4, 0.5) is 10.6 Å². The molecular weight excluding hydrogens is 404 g/mol. The standard InChI is InChI=1S/C24H28N6O2/c1-2-3-13-19-29-21-22(20-18(28-23(21)25)12-9-15-26-20)30(19)16-8-7-14-27-24(31)32-17-10-5-4-6-11-17/h4-6,9-12,15H,2-3,7-8,13-14,16H2,1H3,(H2,25,28)(H,27,31). The lowest BCUT2D eigenvalue weighted by atomic mass is 10.2. The van der Waals surface area contributed by atoms with Crippen molar-refractivity contribution in [1.29, 1.82) is 0 Å². The van der Waals surface area contributed by atoms with Gasteiger partial charge >= 0.3 is 6.09 Å². The zero-order valence-electron chi connectivity index (χ0n) is 18.3. The van der Waals surface area contributed by atoms with Crippen molar-refractivity contribution < 1.29 is 9.53 Å². The third kappa shape index (κ3) is 4.80. The van der Waals surface area contributed by atoms with Crippen molar-refractivity contribution in [3.8, 4) is 5.75 Å². The number of aryl methyl sites for hydroxylation is 2. The zero-order chi connectivity index (χ0) is 22.3. The monoisotopic (exact) mass is 432 g/mol. The number of carbonyl (C=O) groups excluding carboxylic acids is 1. The van der Waals surface area contributed by atoms with Crippen LogP contribution in [0.25, 0.3) is 22.1 Å². The van der Waals surface area contributed by atoms with Crippen molar-refractivity contribution in [3.05, 3.63) is 54.5 Å². The SMILES string of the molecule is CCCCc1nc2c(N)nc3cccnc3c2n1CCCCNC(=O)Oc1ccccc1. The summed E-state index contributed by atoms with van der Waals surface area (Å²) in [5.41, 5.74) is 9.47. The Kier molecular flexibility index (Phi) is 6.79. The third-order valence-electron chi connectivity index (χ3n) is 5.33. The number of unbranched alkanes of at least 4 members (excludes halogenated alkanes) is 2. The van der Waals surface area contributed by atoms with Crippen LogP contribution in [-0.2, 0) is 13.0 Å². The number of anilines is 1. The zero-order valence-corrected chi connectivity index (χ0v) is 18.3. The number of nitrogens with one attached hydrogen (secondary N) is 1. The number of nitrogens with two attached hydrogens (primary N) is 1. The van der Waals surface area contributed by atoms with E-state index in [9.17, 15) is 4.79 Å². The predicted octanol–water partition coefficient (Wildman–Crippen LogP) is 4.47. The van der Waals surface area contributed by atoms with Gasteiger partial charge in [0.2, 0.25) is 0 Å². The van der Waals surface area contributed by atoms with Crippen LogP contribution in [0.15, 0.2) is 48.7 Å². The van der Waals surface area contributed by atoms with Crippen molar-refractivity contribution >= 4 is 34.0 Å². The molecule has 4 aromatic rings. The molecule has 0 atom stereocenters. The van der Waals surface area contributed by atoms with Gasteiger partial charge in [-0.25, -0.2) is 14.8 Å². The van der Waals surface area contributed by atoms with Crippen LogP contribution in [0, 0.1) is 0 Å². The van der Waals surface area contributed by atoms with Gasteiger partial charge in [-0.05, 0) is 43.5 Å². The van der Waals surface area contributed by atoms with Crippen LogP contribution in [0.2, 0.25) is 0 Å². The summed E-state index contributed by atoms with van der Waals surface area (Å²) < 4.78 is 7.48. The van der Waals surface area contributed by atoms with Gasteiger partial charge in [0.15, 0.2) is 5.82 Å². The number of hydrogen-bond donors (Lipinski definition) is 2. The van der Waals surface area contributed by atoms with Crippen LogP contribution in [-0.4, -0.2) is 32.2 Å². The average Bonchev–Trinajstić information content (AvgIpc) is 3.17. The quantitative estimate of drug-likeness (QED) is 0.378. The number of rotatable bonds is 9. The van der Waals surface area contributed by atoms with Crippen LogP contribution in [0.3, 0.4) is 0 Å². The first kappa shape index (κ1) is 21.5.